The van der Waals surface area contributed by atoms with Gasteiger partial charge in [-0.2, -0.15) is 5.26 Å². The average molecular weight is 340 g/mol. The van der Waals surface area contributed by atoms with E-state index in [-0.39, 0.29) is 5.75 Å². The molecule has 0 aliphatic rings. The van der Waals surface area contributed by atoms with Gasteiger partial charge in [-0.05, 0) is 43.2 Å². The molecular formula is C17H16N4O2S. The van der Waals surface area contributed by atoms with Gasteiger partial charge >= 0.3 is 6.03 Å². The first kappa shape index (κ1) is 17.5. The number of nitrogens with zero attached hydrogens (tertiary/aromatic N) is 2. The van der Waals surface area contributed by atoms with Crippen molar-refractivity contribution in [2.24, 2.45) is 0 Å². The smallest absolute Gasteiger partial charge is 0.307 e. The van der Waals surface area contributed by atoms with Crippen LogP contribution in [-0.4, -0.2) is 22.7 Å². The molecule has 2 N–H and O–H groups in total. The fourth-order valence-corrected chi connectivity index (χ4v) is 2.67. The minimum absolute atomic E-state index is 0.00802. The molecule has 7 heteroatoms. The fourth-order valence-electron chi connectivity index (χ4n) is 1.93. The molecule has 2 rings (SSSR count). The predicted molar refractivity (Wildman–Crippen MR) is 92.8 cm³/mol. The molecule has 0 bridgehead atoms. The lowest BCUT2D eigenvalue weighted by Crippen LogP contribution is -2.35. The van der Waals surface area contributed by atoms with E-state index in [4.69, 9.17) is 5.26 Å². The molecule has 0 unspecified atom stereocenters. The number of nitriles is 1. The monoisotopic (exact) mass is 340 g/mol. The average Bonchev–Trinajstić information content (AvgIpc) is 2.57. The van der Waals surface area contributed by atoms with Crippen molar-refractivity contribution in [2.75, 3.05) is 11.1 Å². The second kappa shape index (κ2) is 8.13. The molecule has 1 aromatic heterocycles. The molecule has 0 saturated carbocycles. The first-order valence-electron chi connectivity index (χ1n) is 7.16. The van der Waals surface area contributed by atoms with Gasteiger partial charge < -0.3 is 5.32 Å². The van der Waals surface area contributed by atoms with Crippen LogP contribution in [0.5, 0.6) is 0 Å². The van der Waals surface area contributed by atoms with Gasteiger partial charge in [0.05, 0.1) is 11.3 Å². The number of aryl methyl sites for hydroxylation is 1. The van der Waals surface area contributed by atoms with Crippen molar-refractivity contribution in [2.45, 2.75) is 18.9 Å². The number of anilines is 1. The number of hydrogen-bond donors (Lipinski definition) is 2. The van der Waals surface area contributed by atoms with Crippen molar-refractivity contribution < 1.29 is 9.59 Å². The van der Waals surface area contributed by atoms with Gasteiger partial charge in [0.1, 0.15) is 11.1 Å². The molecule has 0 fully saturated rings. The summed E-state index contributed by atoms with van der Waals surface area (Å²) in [5.41, 5.74) is 3.05. The molecule has 2 aromatic rings. The van der Waals surface area contributed by atoms with Gasteiger partial charge in [0, 0.05) is 11.9 Å². The fraction of sp³-hybridized carbons (Fsp3) is 0.176. The number of hydrogen-bond acceptors (Lipinski definition) is 5. The summed E-state index contributed by atoms with van der Waals surface area (Å²) >= 11 is 1.11. The highest BCUT2D eigenvalue weighted by Crippen LogP contribution is 2.19. The molecule has 24 heavy (non-hydrogen) atoms. The zero-order valence-corrected chi connectivity index (χ0v) is 14.1. The summed E-state index contributed by atoms with van der Waals surface area (Å²) in [7, 11) is 0. The highest BCUT2D eigenvalue weighted by Gasteiger charge is 2.12. The number of carbonyl (C=O) groups is 2. The normalized spacial score (nSPS) is 9.88. The van der Waals surface area contributed by atoms with E-state index in [9.17, 15) is 9.59 Å². The van der Waals surface area contributed by atoms with E-state index in [0.29, 0.717) is 16.3 Å². The lowest BCUT2D eigenvalue weighted by Gasteiger charge is -2.10. The summed E-state index contributed by atoms with van der Waals surface area (Å²) in [6, 6.07) is 10.3. The van der Waals surface area contributed by atoms with Gasteiger partial charge in [0.15, 0.2) is 0 Å². The summed E-state index contributed by atoms with van der Waals surface area (Å²) in [6.45, 7) is 3.84. The predicted octanol–water partition coefficient (Wildman–Crippen LogP) is 3.01. The molecule has 0 aliphatic heterocycles. The molecule has 6 nitrogen and oxygen atoms in total. The van der Waals surface area contributed by atoms with Crippen molar-refractivity contribution in [1.29, 1.82) is 5.26 Å². The van der Waals surface area contributed by atoms with Crippen LogP contribution in [-0.2, 0) is 4.79 Å². The Morgan fingerprint density at radius 2 is 2.04 bits per heavy atom. The first-order chi connectivity index (χ1) is 11.5. The lowest BCUT2D eigenvalue weighted by atomic mass is 10.1. The number of imide groups is 1. The minimum atomic E-state index is -0.587. The molecule has 0 saturated heterocycles. The third kappa shape index (κ3) is 4.57. The zero-order valence-electron chi connectivity index (χ0n) is 13.3. The topological polar surface area (TPSA) is 94.9 Å². The van der Waals surface area contributed by atoms with Crippen LogP contribution in [0.25, 0.3) is 0 Å². The van der Waals surface area contributed by atoms with Gasteiger partial charge in [-0.25, -0.2) is 9.78 Å². The van der Waals surface area contributed by atoms with Gasteiger partial charge in [-0.1, -0.05) is 23.9 Å². The van der Waals surface area contributed by atoms with E-state index in [1.165, 1.54) is 0 Å². The molecule has 0 radical (unpaired) electrons. The van der Waals surface area contributed by atoms with E-state index < -0.39 is 11.9 Å². The van der Waals surface area contributed by atoms with Crippen molar-refractivity contribution in [3.05, 3.63) is 53.2 Å². The number of aromatic nitrogens is 1. The number of amides is 3. The number of nitrogens with one attached hydrogen (secondary N) is 2. The van der Waals surface area contributed by atoms with Crippen molar-refractivity contribution in [3.8, 4) is 6.07 Å². The number of benzene rings is 1. The van der Waals surface area contributed by atoms with Crippen LogP contribution >= 0.6 is 11.8 Å². The Morgan fingerprint density at radius 1 is 1.25 bits per heavy atom. The van der Waals surface area contributed by atoms with Crippen LogP contribution < -0.4 is 10.6 Å². The summed E-state index contributed by atoms with van der Waals surface area (Å²) < 4.78 is 0. The van der Waals surface area contributed by atoms with Gasteiger partial charge in [0.25, 0.3) is 0 Å². The molecule has 0 spiro atoms. The van der Waals surface area contributed by atoms with Gasteiger partial charge in [-0.3, -0.25) is 10.1 Å². The Balaban J connectivity index is 1.89. The second-order valence-electron chi connectivity index (χ2n) is 5.01. The minimum Gasteiger partial charge on any atom is -0.307 e. The number of carbonyl (C=O) groups excluding carboxylic acids is 2. The molecule has 1 heterocycles. The Hall–Kier alpha value is -2.85. The van der Waals surface area contributed by atoms with Crippen molar-refractivity contribution in [3.63, 3.8) is 0 Å². The Kier molecular flexibility index (Phi) is 5.93. The Bertz CT molecular complexity index is 814. The van der Waals surface area contributed by atoms with E-state index in [1.54, 1.807) is 24.4 Å². The summed E-state index contributed by atoms with van der Waals surface area (Å²) in [5, 5.41) is 14.4. The number of urea groups is 1. The van der Waals surface area contributed by atoms with Crippen LogP contribution in [0.3, 0.4) is 0 Å². The first-order valence-corrected chi connectivity index (χ1v) is 8.14. The van der Waals surface area contributed by atoms with Crippen molar-refractivity contribution >= 4 is 29.4 Å². The van der Waals surface area contributed by atoms with Gasteiger partial charge in [0.2, 0.25) is 5.91 Å². The van der Waals surface area contributed by atoms with Crippen LogP contribution in [0.15, 0.2) is 41.6 Å². The third-order valence-corrected chi connectivity index (χ3v) is 4.34. The Morgan fingerprint density at radius 3 is 2.79 bits per heavy atom. The van der Waals surface area contributed by atoms with Crippen LogP contribution in [0, 0.1) is 25.2 Å². The van der Waals surface area contributed by atoms with E-state index >= 15 is 0 Å². The molecule has 1 aromatic carbocycles. The SMILES string of the molecule is Cc1cccc(NC(=O)NC(=O)CSc2ncccc2C#N)c1C. The van der Waals surface area contributed by atoms with Crippen LogP contribution in [0.4, 0.5) is 10.5 Å². The highest BCUT2D eigenvalue weighted by atomic mass is 32.2. The number of thioether (sulfide) groups is 1. The summed E-state index contributed by atoms with van der Waals surface area (Å²) in [5.74, 6) is -0.469. The van der Waals surface area contributed by atoms with E-state index in [2.05, 4.69) is 15.6 Å². The maximum Gasteiger partial charge on any atom is 0.325 e. The van der Waals surface area contributed by atoms with Crippen molar-refractivity contribution in [1.82, 2.24) is 10.3 Å². The maximum absolute atomic E-state index is 11.9. The van der Waals surface area contributed by atoms with E-state index in [1.807, 2.05) is 32.0 Å². The van der Waals surface area contributed by atoms with E-state index in [0.717, 1.165) is 22.9 Å². The van der Waals surface area contributed by atoms with Crippen LogP contribution in [0.1, 0.15) is 16.7 Å². The summed E-state index contributed by atoms with van der Waals surface area (Å²) in [6.07, 6.45) is 1.55. The number of pyridine rings is 1. The lowest BCUT2D eigenvalue weighted by molar-refractivity contribution is -0.117. The quantitative estimate of drug-likeness (QED) is 0.834. The molecule has 3 amide bonds. The highest BCUT2D eigenvalue weighted by molar-refractivity contribution is 8.00. The van der Waals surface area contributed by atoms with Crippen LogP contribution in [0.2, 0.25) is 0 Å². The number of rotatable bonds is 4. The second-order valence-corrected chi connectivity index (χ2v) is 5.97. The Labute approximate surface area is 144 Å². The molecular weight excluding hydrogens is 324 g/mol. The maximum atomic E-state index is 11.9. The molecule has 0 aliphatic carbocycles. The standard InChI is InChI=1S/C17H16N4O2S/c1-11-5-3-7-14(12(11)2)20-17(23)21-15(22)10-24-16-13(9-18)6-4-8-19-16/h3-8H,10H2,1-2H3,(H2,20,21,22,23). The summed E-state index contributed by atoms with van der Waals surface area (Å²) in [4.78, 5) is 27.8. The molecule has 0 atom stereocenters. The zero-order chi connectivity index (χ0) is 17.5. The largest absolute Gasteiger partial charge is 0.325 e. The third-order valence-electron chi connectivity index (χ3n) is 3.34. The molecule has 122 valence electrons. The van der Waals surface area contributed by atoms with Gasteiger partial charge in [-0.15, -0.1) is 0 Å².